The predicted octanol–water partition coefficient (Wildman–Crippen LogP) is 4.21. The van der Waals surface area contributed by atoms with Crippen LogP contribution in [0.15, 0.2) is 52.9 Å². The quantitative estimate of drug-likeness (QED) is 0.664. The van der Waals surface area contributed by atoms with Gasteiger partial charge in [-0.05, 0) is 36.4 Å². The number of carbonyl (C=O) groups is 1. The van der Waals surface area contributed by atoms with Crippen molar-refractivity contribution in [3.63, 3.8) is 0 Å². The first-order valence-electron chi connectivity index (χ1n) is 7.08. The molecule has 0 unspecified atom stereocenters. The van der Waals surface area contributed by atoms with Crippen LogP contribution < -0.4 is 0 Å². The number of aromatic nitrogens is 2. The fourth-order valence-electron chi connectivity index (χ4n) is 2.18. The lowest BCUT2D eigenvalue weighted by Gasteiger charge is -2.06. The Bertz CT molecular complexity index is 919. The summed E-state index contributed by atoms with van der Waals surface area (Å²) >= 11 is 0. The Morgan fingerprint density at radius 2 is 1.60 bits per heavy atom. The second-order valence-corrected chi connectivity index (χ2v) is 5.06. The molecule has 3 aromatic rings. The SMILES string of the molecule is COC(=O)c1cccc(-c2nnc(-c3cccc(C(F)(F)F)c3)o2)c1. The minimum Gasteiger partial charge on any atom is -0.465 e. The second kappa shape index (κ2) is 6.39. The van der Waals surface area contributed by atoms with Gasteiger partial charge in [-0.1, -0.05) is 12.1 Å². The molecule has 1 heterocycles. The Hall–Kier alpha value is -3.16. The summed E-state index contributed by atoms with van der Waals surface area (Å²) in [5.74, 6) is -0.498. The van der Waals surface area contributed by atoms with Crippen LogP contribution in [0.5, 0.6) is 0 Å². The van der Waals surface area contributed by atoms with Crippen LogP contribution in [0.25, 0.3) is 22.9 Å². The summed E-state index contributed by atoms with van der Waals surface area (Å²) in [5.41, 5.74) is 0.0857. The largest absolute Gasteiger partial charge is 0.465 e. The van der Waals surface area contributed by atoms with Gasteiger partial charge in [0.25, 0.3) is 0 Å². The number of hydrogen-bond donors (Lipinski definition) is 0. The average Bonchev–Trinajstić information content (AvgIpc) is 3.11. The van der Waals surface area contributed by atoms with Crippen molar-refractivity contribution in [2.45, 2.75) is 6.18 Å². The number of esters is 1. The minimum absolute atomic E-state index is 0.0513. The van der Waals surface area contributed by atoms with E-state index >= 15 is 0 Å². The molecule has 0 aliphatic rings. The number of carbonyl (C=O) groups excluding carboxylic acids is 1. The molecule has 3 rings (SSSR count). The summed E-state index contributed by atoms with van der Waals surface area (Å²) in [5, 5.41) is 7.61. The van der Waals surface area contributed by atoms with Crippen LogP contribution in [-0.4, -0.2) is 23.3 Å². The van der Waals surface area contributed by atoms with Gasteiger partial charge in [-0.2, -0.15) is 13.2 Å². The summed E-state index contributed by atoms with van der Waals surface area (Å²) in [4.78, 5) is 11.6. The molecule has 0 bridgehead atoms. The van der Waals surface area contributed by atoms with Crippen LogP contribution in [-0.2, 0) is 10.9 Å². The van der Waals surface area contributed by atoms with Crippen molar-refractivity contribution in [1.82, 2.24) is 10.2 Å². The summed E-state index contributed by atoms with van der Waals surface area (Å²) in [7, 11) is 1.26. The van der Waals surface area contributed by atoms with Crippen molar-refractivity contribution >= 4 is 5.97 Å². The number of benzene rings is 2. The number of alkyl halides is 3. The summed E-state index contributed by atoms with van der Waals surface area (Å²) in [6.45, 7) is 0. The zero-order valence-electron chi connectivity index (χ0n) is 12.9. The van der Waals surface area contributed by atoms with Crippen LogP contribution in [0.1, 0.15) is 15.9 Å². The van der Waals surface area contributed by atoms with Gasteiger partial charge in [0, 0.05) is 11.1 Å². The monoisotopic (exact) mass is 348 g/mol. The molecule has 0 atom stereocenters. The number of rotatable bonds is 3. The number of halogens is 3. The summed E-state index contributed by atoms with van der Waals surface area (Å²) < 4.78 is 48.5. The van der Waals surface area contributed by atoms with Crippen LogP contribution in [0, 0.1) is 0 Å². The molecule has 0 spiro atoms. The molecule has 1 aromatic heterocycles. The van der Waals surface area contributed by atoms with Crippen LogP contribution in [0.2, 0.25) is 0 Å². The number of hydrogen-bond acceptors (Lipinski definition) is 5. The van der Waals surface area contributed by atoms with Gasteiger partial charge in [-0.25, -0.2) is 4.79 Å². The zero-order chi connectivity index (χ0) is 18.0. The zero-order valence-corrected chi connectivity index (χ0v) is 12.9. The summed E-state index contributed by atoms with van der Waals surface area (Å²) in [6, 6.07) is 10.9. The van der Waals surface area contributed by atoms with Crippen molar-refractivity contribution in [1.29, 1.82) is 0 Å². The maximum atomic E-state index is 12.8. The maximum absolute atomic E-state index is 12.8. The summed E-state index contributed by atoms with van der Waals surface area (Å²) in [6.07, 6.45) is -4.46. The van der Waals surface area contributed by atoms with Crippen molar-refractivity contribution < 1.29 is 27.1 Å². The van der Waals surface area contributed by atoms with E-state index in [4.69, 9.17) is 4.42 Å². The molecule has 0 aliphatic carbocycles. The fraction of sp³-hybridized carbons (Fsp3) is 0.118. The Labute approximate surface area is 140 Å². The van der Waals surface area contributed by atoms with Gasteiger partial charge in [0.2, 0.25) is 11.8 Å². The fourth-order valence-corrected chi connectivity index (χ4v) is 2.18. The van der Waals surface area contributed by atoms with Crippen molar-refractivity contribution in [2.24, 2.45) is 0 Å². The van der Waals surface area contributed by atoms with E-state index < -0.39 is 17.7 Å². The molecule has 8 heteroatoms. The molecule has 0 N–H and O–H groups in total. The first kappa shape index (κ1) is 16.7. The van der Waals surface area contributed by atoms with E-state index in [1.165, 1.54) is 25.3 Å². The third-order valence-electron chi connectivity index (χ3n) is 3.39. The van der Waals surface area contributed by atoms with Crippen LogP contribution in [0.4, 0.5) is 13.2 Å². The first-order valence-corrected chi connectivity index (χ1v) is 7.08. The van der Waals surface area contributed by atoms with E-state index in [-0.39, 0.29) is 17.3 Å². The van der Waals surface area contributed by atoms with Gasteiger partial charge in [0.1, 0.15) is 0 Å². The highest BCUT2D eigenvalue weighted by atomic mass is 19.4. The third-order valence-corrected chi connectivity index (χ3v) is 3.39. The van der Waals surface area contributed by atoms with E-state index in [1.54, 1.807) is 18.2 Å². The van der Waals surface area contributed by atoms with E-state index in [2.05, 4.69) is 14.9 Å². The van der Waals surface area contributed by atoms with Gasteiger partial charge < -0.3 is 9.15 Å². The number of nitrogens with zero attached hydrogens (tertiary/aromatic N) is 2. The second-order valence-electron chi connectivity index (χ2n) is 5.06. The molecule has 2 aromatic carbocycles. The van der Waals surface area contributed by atoms with Crippen LogP contribution in [0.3, 0.4) is 0 Å². The molecule has 0 amide bonds. The molecule has 0 radical (unpaired) electrons. The predicted molar refractivity (Wildman–Crippen MR) is 81.5 cm³/mol. The van der Waals surface area contributed by atoms with E-state index in [0.717, 1.165) is 12.1 Å². The normalized spacial score (nSPS) is 11.4. The van der Waals surface area contributed by atoms with Gasteiger partial charge in [0.15, 0.2) is 0 Å². The Morgan fingerprint density at radius 1 is 1.00 bits per heavy atom. The molecule has 0 fully saturated rings. The molecule has 128 valence electrons. The number of methoxy groups -OCH3 is 1. The van der Waals surface area contributed by atoms with Crippen LogP contribution >= 0.6 is 0 Å². The van der Waals surface area contributed by atoms with Crippen molar-refractivity contribution in [3.8, 4) is 22.9 Å². The smallest absolute Gasteiger partial charge is 0.416 e. The Balaban J connectivity index is 1.95. The first-order chi connectivity index (χ1) is 11.9. The topological polar surface area (TPSA) is 65.2 Å². The van der Waals surface area contributed by atoms with Gasteiger partial charge >= 0.3 is 12.1 Å². The van der Waals surface area contributed by atoms with Crippen molar-refractivity contribution in [2.75, 3.05) is 7.11 Å². The van der Waals surface area contributed by atoms with Crippen molar-refractivity contribution in [3.05, 3.63) is 59.7 Å². The lowest BCUT2D eigenvalue weighted by molar-refractivity contribution is -0.137. The van der Waals surface area contributed by atoms with E-state index in [9.17, 15) is 18.0 Å². The molecular formula is C17H11F3N2O3. The maximum Gasteiger partial charge on any atom is 0.416 e. The molecular weight excluding hydrogens is 337 g/mol. The molecule has 0 aliphatic heterocycles. The standard InChI is InChI=1S/C17H11F3N2O3/c1-24-16(23)12-6-2-4-10(8-12)14-21-22-15(25-14)11-5-3-7-13(9-11)17(18,19)20/h2-9H,1H3. The highest BCUT2D eigenvalue weighted by molar-refractivity contribution is 5.90. The molecule has 5 nitrogen and oxygen atoms in total. The minimum atomic E-state index is -4.46. The highest BCUT2D eigenvalue weighted by Crippen LogP contribution is 2.32. The molecule has 0 saturated carbocycles. The van der Waals surface area contributed by atoms with E-state index in [1.807, 2.05) is 0 Å². The number of ether oxygens (including phenoxy) is 1. The lowest BCUT2D eigenvalue weighted by Crippen LogP contribution is -2.04. The lowest BCUT2D eigenvalue weighted by atomic mass is 10.1. The Morgan fingerprint density at radius 3 is 2.20 bits per heavy atom. The molecule has 25 heavy (non-hydrogen) atoms. The Kier molecular flexibility index (Phi) is 4.26. The highest BCUT2D eigenvalue weighted by Gasteiger charge is 2.30. The average molecular weight is 348 g/mol. The van der Waals surface area contributed by atoms with Gasteiger partial charge in [0.05, 0.1) is 18.2 Å². The molecule has 0 saturated heterocycles. The van der Waals surface area contributed by atoms with Gasteiger partial charge in [-0.3, -0.25) is 0 Å². The van der Waals surface area contributed by atoms with Gasteiger partial charge in [-0.15, -0.1) is 10.2 Å². The van der Waals surface area contributed by atoms with E-state index in [0.29, 0.717) is 11.1 Å². The third kappa shape index (κ3) is 3.52.